The predicted molar refractivity (Wildman–Crippen MR) is 163 cm³/mol. The average Bonchev–Trinajstić information content (AvgIpc) is 3.63. The predicted octanol–water partition coefficient (Wildman–Crippen LogP) is 2.95. The number of aromatic amines is 1. The highest BCUT2D eigenvalue weighted by Gasteiger charge is 2.46. The number of nitrogens with zero attached hydrogens (tertiary/aromatic N) is 6. The number of hydrogen-bond donors (Lipinski definition) is 4. The largest absolute Gasteiger partial charge is 0.387 e. The van der Waals surface area contributed by atoms with Gasteiger partial charge in [0, 0.05) is 37.6 Å². The molecule has 1 saturated carbocycles. The average molecular weight is 593 g/mol. The van der Waals surface area contributed by atoms with Gasteiger partial charge in [0.2, 0.25) is 0 Å². The van der Waals surface area contributed by atoms with Crippen LogP contribution in [0.1, 0.15) is 64.6 Å². The van der Waals surface area contributed by atoms with Gasteiger partial charge in [-0.25, -0.2) is 19.9 Å². The van der Waals surface area contributed by atoms with Crippen molar-refractivity contribution in [3.63, 3.8) is 0 Å². The van der Waals surface area contributed by atoms with E-state index in [1.807, 2.05) is 0 Å². The Morgan fingerprint density at radius 3 is 2.72 bits per heavy atom. The van der Waals surface area contributed by atoms with E-state index in [9.17, 15) is 10.2 Å². The highest BCUT2D eigenvalue weighted by atomic mass is 16.6. The third kappa shape index (κ3) is 5.74. The minimum Gasteiger partial charge on any atom is -0.387 e. The van der Waals surface area contributed by atoms with Crippen LogP contribution in [0.4, 0.5) is 5.82 Å². The molecule has 4 heterocycles. The van der Waals surface area contributed by atoms with Crippen LogP contribution in [0.5, 0.6) is 0 Å². The van der Waals surface area contributed by atoms with Gasteiger partial charge in [0.15, 0.2) is 17.7 Å². The van der Waals surface area contributed by atoms with Crippen LogP contribution in [0.3, 0.4) is 0 Å². The van der Waals surface area contributed by atoms with Crippen molar-refractivity contribution < 1.29 is 19.7 Å². The second-order valence-electron chi connectivity index (χ2n) is 13.2. The van der Waals surface area contributed by atoms with Crippen LogP contribution in [0, 0.1) is 5.92 Å². The first-order valence-corrected chi connectivity index (χ1v) is 15.2. The zero-order valence-electron chi connectivity index (χ0n) is 25.6. The Hall–Kier alpha value is -3.16. The van der Waals surface area contributed by atoms with Crippen molar-refractivity contribution in [3.8, 4) is 0 Å². The standard InChI is InChI=1S/C31H44N8O4/c1-17(2)38(13-23-26(40)27(41)30(43-23)39-16-35-25-28(32)33-15-34-29(25)39)20-10-18(11-20)6-9-24-36-21-8-7-19(12-22(21)37-24)31(3,4)14-42-5/h7-8,12,15-18,20,23,26-27,30,40-41H,6,9-11,13-14H2,1-5H3,(H,36,37)(H2,32,33,34)/t18?,20?,23-,26-,27-,30-/m1/s1. The third-order valence-corrected chi connectivity index (χ3v) is 9.34. The summed E-state index contributed by atoms with van der Waals surface area (Å²) in [5.41, 5.74) is 10.1. The lowest BCUT2D eigenvalue weighted by Gasteiger charge is -2.46. The number of aliphatic hydroxyl groups is 2. The van der Waals surface area contributed by atoms with Gasteiger partial charge in [-0.05, 0) is 56.7 Å². The van der Waals surface area contributed by atoms with E-state index in [0.717, 1.165) is 42.5 Å². The number of fused-ring (bicyclic) bond motifs is 2. The Kier molecular flexibility index (Phi) is 8.16. The number of aryl methyl sites for hydroxylation is 1. The smallest absolute Gasteiger partial charge is 0.167 e. The number of rotatable bonds is 11. The normalized spacial score (nSPS) is 26.3. The SMILES string of the molecule is COCC(C)(C)c1ccc2[nH]c(CCC3CC(N(C[C@H]4O[C@@H](n5cnc6c(N)ncnc65)[C@H](O)[C@@H]4O)C(C)C)C3)nc2c1. The molecule has 0 unspecified atom stereocenters. The summed E-state index contributed by atoms with van der Waals surface area (Å²) in [6.07, 6.45) is 3.53. The summed E-state index contributed by atoms with van der Waals surface area (Å²) in [7, 11) is 1.74. The molecule has 2 aliphatic rings. The number of aliphatic hydroxyl groups excluding tert-OH is 2. The minimum atomic E-state index is -1.12. The number of nitrogens with two attached hydrogens (primary N) is 1. The number of hydrogen-bond acceptors (Lipinski definition) is 10. The number of imidazole rings is 2. The summed E-state index contributed by atoms with van der Waals surface area (Å²) >= 11 is 0. The summed E-state index contributed by atoms with van der Waals surface area (Å²) in [5, 5.41) is 21.9. The molecular formula is C31H44N8O4. The monoisotopic (exact) mass is 592 g/mol. The molecule has 2 fully saturated rings. The molecule has 1 aliphatic heterocycles. The number of benzene rings is 1. The molecule has 5 N–H and O–H groups in total. The van der Waals surface area contributed by atoms with E-state index in [4.69, 9.17) is 20.2 Å². The van der Waals surface area contributed by atoms with E-state index in [1.165, 1.54) is 18.2 Å². The van der Waals surface area contributed by atoms with Gasteiger partial charge in [0.05, 0.1) is 24.0 Å². The Balaban J connectivity index is 1.05. The van der Waals surface area contributed by atoms with Crippen LogP contribution in [0.2, 0.25) is 0 Å². The van der Waals surface area contributed by atoms with Crippen molar-refractivity contribution in [3.05, 3.63) is 42.2 Å². The first-order valence-electron chi connectivity index (χ1n) is 15.2. The van der Waals surface area contributed by atoms with E-state index < -0.39 is 24.5 Å². The van der Waals surface area contributed by atoms with Crippen LogP contribution in [-0.4, -0.2) is 95.3 Å². The fraction of sp³-hybridized carbons (Fsp3) is 0.613. The molecule has 12 heteroatoms. The van der Waals surface area contributed by atoms with Gasteiger partial charge in [-0.3, -0.25) is 9.47 Å². The third-order valence-electron chi connectivity index (χ3n) is 9.34. The van der Waals surface area contributed by atoms with Gasteiger partial charge < -0.3 is 30.4 Å². The molecule has 232 valence electrons. The van der Waals surface area contributed by atoms with Gasteiger partial charge in [-0.1, -0.05) is 19.9 Å². The Morgan fingerprint density at radius 2 is 1.98 bits per heavy atom. The molecule has 0 spiro atoms. The Labute approximate surface area is 251 Å². The number of nitrogen functional groups attached to an aromatic ring is 1. The highest BCUT2D eigenvalue weighted by Crippen LogP contribution is 2.38. The molecular weight excluding hydrogens is 548 g/mol. The molecule has 1 aliphatic carbocycles. The maximum Gasteiger partial charge on any atom is 0.167 e. The number of nitrogens with one attached hydrogen (secondary N) is 1. The van der Waals surface area contributed by atoms with Gasteiger partial charge in [-0.15, -0.1) is 0 Å². The lowest BCUT2D eigenvalue weighted by molar-refractivity contribution is -0.0620. The number of methoxy groups -OCH3 is 1. The summed E-state index contributed by atoms with van der Waals surface area (Å²) in [6, 6.07) is 7.13. The van der Waals surface area contributed by atoms with Crippen molar-refractivity contribution in [1.29, 1.82) is 0 Å². The molecule has 4 aromatic rings. The van der Waals surface area contributed by atoms with E-state index >= 15 is 0 Å². The highest BCUT2D eigenvalue weighted by molar-refractivity contribution is 5.81. The first-order chi connectivity index (χ1) is 20.6. The summed E-state index contributed by atoms with van der Waals surface area (Å²) in [6.45, 7) is 9.90. The second-order valence-corrected chi connectivity index (χ2v) is 13.2. The fourth-order valence-electron chi connectivity index (χ4n) is 6.75. The van der Waals surface area contributed by atoms with Gasteiger partial charge in [0.25, 0.3) is 0 Å². The molecule has 1 aromatic carbocycles. The van der Waals surface area contributed by atoms with E-state index in [2.05, 4.69) is 70.7 Å². The Morgan fingerprint density at radius 1 is 1.19 bits per heavy atom. The molecule has 0 bridgehead atoms. The van der Waals surface area contributed by atoms with Gasteiger partial charge in [0.1, 0.15) is 36.0 Å². The summed E-state index contributed by atoms with van der Waals surface area (Å²) in [5.74, 6) is 1.91. The second kappa shape index (κ2) is 11.7. The van der Waals surface area contributed by atoms with Crippen LogP contribution >= 0.6 is 0 Å². The van der Waals surface area contributed by atoms with Crippen LogP contribution in [0.15, 0.2) is 30.9 Å². The number of anilines is 1. The summed E-state index contributed by atoms with van der Waals surface area (Å²) < 4.78 is 13.3. The van der Waals surface area contributed by atoms with Crippen LogP contribution in [-0.2, 0) is 21.3 Å². The zero-order chi connectivity index (χ0) is 30.5. The maximum atomic E-state index is 11.0. The molecule has 43 heavy (non-hydrogen) atoms. The molecule has 1 saturated heterocycles. The van der Waals surface area contributed by atoms with Gasteiger partial charge in [-0.2, -0.15) is 0 Å². The number of H-pyrrole nitrogens is 1. The number of aromatic nitrogens is 6. The maximum absolute atomic E-state index is 11.0. The lowest BCUT2D eigenvalue weighted by atomic mass is 9.76. The van der Waals surface area contributed by atoms with Crippen molar-refractivity contribution in [2.75, 3.05) is 26.0 Å². The molecule has 12 nitrogen and oxygen atoms in total. The molecule has 0 radical (unpaired) electrons. The van der Waals surface area contributed by atoms with E-state index in [-0.39, 0.29) is 17.3 Å². The summed E-state index contributed by atoms with van der Waals surface area (Å²) in [4.78, 5) is 23.3. The fourth-order valence-corrected chi connectivity index (χ4v) is 6.75. The first kappa shape index (κ1) is 29.9. The molecule has 6 rings (SSSR count). The molecule has 0 amide bonds. The van der Waals surface area contributed by atoms with Gasteiger partial charge >= 0.3 is 0 Å². The minimum absolute atomic E-state index is 0.0683. The van der Waals surface area contributed by atoms with Crippen molar-refractivity contribution in [2.24, 2.45) is 5.92 Å². The van der Waals surface area contributed by atoms with Crippen molar-refractivity contribution in [2.45, 2.75) is 95.4 Å². The van der Waals surface area contributed by atoms with Crippen molar-refractivity contribution >= 4 is 28.0 Å². The Bertz CT molecular complexity index is 1560. The topological polar surface area (TPSA) is 160 Å². The molecule has 3 aromatic heterocycles. The van der Waals surface area contributed by atoms with E-state index in [0.29, 0.717) is 36.3 Å². The quantitative estimate of drug-likeness (QED) is 0.204. The van der Waals surface area contributed by atoms with Crippen LogP contribution < -0.4 is 5.73 Å². The van der Waals surface area contributed by atoms with Crippen molar-refractivity contribution in [1.82, 2.24) is 34.4 Å². The zero-order valence-corrected chi connectivity index (χ0v) is 25.6. The molecule has 4 atom stereocenters. The van der Waals surface area contributed by atoms with E-state index in [1.54, 1.807) is 11.7 Å². The lowest BCUT2D eigenvalue weighted by Crippen LogP contribution is -2.52. The van der Waals surface area contributed by atoms with Crippen LogP contribution in [0.25, 0.3) is 22.2 Å². The number of ether oxygens (including phenoxy) is 2.